The Balaban J connectivity index is 1.53. The lowest BCUT2D eigenvalue weighted by atomic mass is 10.0. The molecule has 4 heterocycles. The highest BCUT2D eigenvalue weighted by Gasteiger charge is 2.31. The zero-order valence-electron chi connectivity index (χ0n) is 13.3. The Morgan fingerprint density at radius 2 is 2.26 bits per heavy atom. The van der Waals surface area contributed by atoms with Crippen LogP contribution in [0.4, 0.5) is 5.82 Å². The van der Waals surface area contributed by atoms with Crippen LogP contribution in [-0.2, 0) is 16.1 Å². The van der Waals surface area contributed by atoms with Crippen molar-refractivity contribution in [2.24, 2.45) is 0 Å². The van der Waals surface area contributed by atoms with Crippen molar-refractivity contribution in [2.75, 3.05) is 38.3 Å². The van der Waals surface area contributed by atoms with Crippen molar-refractivity contribution in [1.29, 1.82) is 0 Å². The number of hydrogen-bond donors (Lipinski definition) is 0. The zero-order valence-corrected chi connectivity index (χ0v) is 13.3. The molecule has 2 aromatic heterocycles. The van der Waals surface area contributed by atoms with Gasteiger partial charge in [-0.15, -0.1) is 0 Å². The standard InChI is InChI=1S/C16H21N5O2/c1-22-11-15-18-14(12-3-6-23-10-12)7-16(19-15)20-8-13(9-20)21-5-2-4-17-21/h2,4-5,7,12-13H,3,6,8-11H2,1H3/t12-/m1/s1. The predicted molar refractivity (Wildman–Crippen MR) is 84.4 cm³/mol. The predicted octanol–water partition coefficient (Wildman–Crippen LogP) is 1.38. The van der Waals surface area contributed by atoms with Gasteiger partial charge in [-0.25, -0.2) is 9.97 Å². The Kier molecular flexibility index (Phi) is 3.97. The summed E-state index contributed by atoms with van der Waals surface area (Å²) in [6.07, 6.45) is 4.86. The van der Waals surface area contributed by atoms with Crippen molar-refractivity contribution >= 4 is 5.82 Å². The summed E-state index contributed by atoms with van der Waals surface area (Å²) < 4.78 is 12.7. The molecule has 0 aromatic carbocycles. The van der Waals surface area contributed by atoms with Crippen LogP contribution >= 0.6 is 0 Å². The third-order valence-electron chi connectivity index (χ3n) is 4.49. The molecule has 2 aromatic rings. The third-order valence-corrected chi connectivity index (χ3v) is 4.49. The van der Waals surface area contributed by atoms with E-state index in [0.29, 0.717) is 18.6 Å². The van der Waals surface area contributed by atoms with Gasteiger partial charge in [0.15, 0.2) is 5.82 Å². The molecule has 2 aliphatic rings. The van der Waals surface area contributed by atoms with Crippen molar-refractivity contribution in [1.82, 2.24) is 19.7 Å². The van der Waals surface area contributed by atoms with Gasteiger partial charge in [-0.1, -0.05) is 0 Å². The van der Waals surface area contributed by atoms with E-state index < -0.39 is 0 Å². The first-order valence-corrected chi connectivity index (χ1v) is 8.02. The summed E-state index contributed by atoms with van der Waals surface area (Å²) >= 11 is 0. The topological polar surface area (TPSA) is 65.3 Å². The minimum Gasteiger partial charge on any atom is -0.381 e. The Morgan fingerprint density at radius 1 is 1.35 bits per heavy atom. The first-order chi connectivity index (χ1) is 11.3. The number of hydrogen-bond acceptors (Lipinski definition) is 6. The monoisotopic (exact) mass is 315 g/mol. The number of aromatic nitrogens is 4. The molecule has 122 valence electrons. The Labute approximate surface area is 135 Å². The molecule has 2 fully saturated rings. The highest BCUT2D eigenvalue weighted by Crippen LogP contribution is 2.30. The molecule has 2 aliphatic heterocycles. The van der Waals surface area contributed by atoms with Gasteiger partial charge in [0.2, 0.25) is 0 Å². The summed E-state index contributed by atoms with van der Waals surface area (Å²) in [5.41, 5.74) is 1.07. The normalized spacial score (nSPS) is 21.6. The molecule has 23 heavy (non-hydrogen) atoms. The minimum atomic E-state index is 0.371. The van der Waals surface area contributed by atoms with Gasteiger partial charge in [-0.3, -0.25) is 4.68 Å². The summed E-state index contributed by atoms with van der Waals surface area (Å²) in [6, 6.07) is 4.49. The molecule has 7 heteroatoms. The van der Waals surface area contributed by atoms with Crippen LogP contribution in [0.5, 0.6) is 0 Å². The van der Waals surface area contributed by atoms with E-state index in [9.17, 15) is 0 Å². The van der Waals surface area contributed by atoms with Gasteiger partial charge < -0.3 is 14.4 Å². The van der Waals surface area contributed by atoms with E-state index in [-0.39, 0.29) is 0 Å². The number of ether oxygens (including phenoxy) is 2. The van der Waals surface area contributed by atoms with E-state index in [0.717, 1.165) is 50.1 Å². The average Bonchev–Trinajstić information content (AvgIpc) is 3.20. The van der Waals surface area contributed by atoms with Crippen molar-refractivity contribution in [3.8, 4) is 0 Å². The summed E-state index contributed by atoms with van der Waals surface area (Å²) in [5.74, 6) is 2.10. The highest BCUT2D eigenvalue weighted by atomic mass is 16.5. The first-order valence-electron chi connectivity index (χ1n) is 8.02. The van der Waals surface area contributed by atoms with Gasteiger partial charge in [0.05, 0.1) is 18.3 Å². The average molecular weight is 315 g/mol. The fourth-order valence-corrected chi connectivity index (χ4v) is 3.14. The quantitative estimate of drug-likeness (QED) is 0.830. The second-order valence-electron chi connectivity index (χ2n) is 6.11. The lowest BCUT2D eigenvalue weighted by molar-refractivity contribution is 0.177. The SMILES string of the molecule is COCc1nc([C@@H]2CCOC2)cc(N2CC(n3cccn3)C2)n1. The highest BCUT2D eigenvalue weighted by molar-refractivity contribution is 5.44. The zero-order chi connectivity index (χ0) is 15.6. The van der Waals surface area contributed by atoms with Crippen molar-refractivity contribution in [3.05, 3.63) is 36.0 Å². The lowest BCUT2D eigenvalue weighted by Gasteiger charge is -2.40. The van der Waals surface area contributed by atoms with E-state index in [4.69, 9.17) is 9.47 Å². The fourth-order valence-electron chi connectivity index (χ4n) is 3.14. The van der Waals surface area contributed by atoms with Crippen LogP contribution in [0.15, 0.2) is 24.5 Å². The molecular formula is C16H21N5O2. The van der Waals surface area contributed by atoms with Crippen LogP contribution in [0.2, 0.25) is 0 Å². The van der Waals surface area contributed by atoms with Crippen molar-refractivity contribution in [2.45, 2.75) is 25.0 Å². The Morgan fingerprint density at radius 3 is 2.96 bits per heavy atom. The van der Waals surface area contributed by atoms with Crippen LogP contribution in [0.25, 0.3) is 0 Å². The van der Waals surface area contributed by atoms with Gasteiger partial charge in [0.1, 0.15) is 12.4 Å². The second kappa shape index (κ2) is 6.25. The molecule has 0 aliphatic carbocycles. The summed E-state index contributed by atoms with van der Waals surface area (Å²) in [7, 11) is 1.67. The second-order valence-corrected chi connectivity index (χ2v) is 6.11. The maximum Gasteiger partial charge on any atom is 0.156 e. The van der Waals surface area contributed by atoms with Gasteiger partial charge in [-0.2, -0.15) is 5.10 Å². The van der Waals surface area contributed by atoms with E-state index in [1.54, 1.807) is 7.11 Å². The van der Waals surface area contributed by atoms with Gasteiger partial charge >= 0.3 is 0 Å². The van der Waals surface area contributed by atoms with Crippen LogP contribution < -0.4 is 4.90 Å². The molecule has 0 unspecified atom stereocenters. The van der Waals surface area contributed by atoms with E-state index in [2.05, 4.69) is 26.0 Å². The molecule has 2 saturated heterocycles. The summed E-state index contributed by atoms with van der Waals surface area (Å²) in [6.45, 7) is 3.84. The molecule has 4 rings (SSSR count). The molecule has 0 radical (unpaired) electrons. The van der Waals surface area contributed by atoms with Crippen LogP contribution in [0, 0.1) is 0 Å². The minimum absolute atomic E-state index is 0.371. The molecular weight excluding hydrogens is 294 g/mol. The number of methoxy groups -OCH3 is 1. The van der Waals surface area contributed by atoms with E-state index >= 15 is 0 Å². The van der Waals surface area contributed by atoms with Crippen LogP contribution in [0.1, 0.15) is 29.9 Å². The number of nitrogens with zero attached hydrogens (tertiary/aromatic N) is 5. The molecule has 1 atom stereocenters. The molecule has 7 nitrogen and oxygen atoms in total. The largest absolute Gasteiger partial charge is 0.381 e. The Hall–Kier alpha value is -1.99. The third kappa shape index (κ3) is 2.94. The maximum absolute atomic E-state index is 5.50. The van der Waals surface area contributed by atoms with Crippen molar-refractivity contribution < 1.29 is 9.47 Å². The fraction of sp³-hybridized carbons (Fsp3) is 0.562. The van der Waals surface area contributed by atoms with E-state index in [1.165, 1.54) is 0 Å². The van der Waals surface area contributed by atoms with Gasteiger partial charge in [-0.05, 0) is 12.5 Å². The van der Waals surface area contributed by atoms with Crippen LogP contribution in [0.3, 0.4) is 0 Å². The molecule has 0 saturated carbocycles. The number of anilines is 1. The maximum atomic E-state index is 5.50. The smallest absolute Gasteiger partial charge is 0.156 e. The van der Waals surface area contributed by atoms with Crippen LogP contribution in [-0.4, -0.2) is 53.2 Å². The molecule has 0 bridgehead atoms. The van der Waals surface area contributed by atoms with Crippen molar-refractivity contribution in [3.63, 3.8) is 0 Å². The lowest BCUT2D eigenvalue weighted by Crippen LogP contribution is -2.48. The summed E-state index contributed by atoms with van der Waals surface area (Å²) in [5, 5.41) is 4.31. The molecule has 0 amide bonds. The first kappa shape index (κ1) is 14.6. The molecule has 0 N–H and O–H groups in total. The summed E-state index contributed by atoms with van der Waals surface area (Å²) in [4.78, 5) is 11.6. The Bertz CT molecular complexity index is 648. The number of rotatable bonds is 5. The van der Waals surface area contributed by atoms with Gasteiger partial charge in [0.25, 0.3) is 0 Å². The molecule has 0 spiro atoms. The van der Waals surface area contributed by atoms with Gasteiger partial charge in [0, 0.05) is 51.2 Å². The van der Waals surface area contributed by atoms with E-state index in [1.807, 2.05) is 23.1 Å².